The maximum Gasteiger partial charge on any atom is 0.0495 e. The van der Waals surface area contributed by atoms with Gasteiger partial charge in [-0.05, 0) is 11.4 Å². The quantitative estimate of drug-likeness (QED) is 0.588. The predicted molar refractivity (Wildman–Crippen MR) is 44.5 cm³/mol. The van der Waals surface area contributed by atoms with Crippen LogP contribution in [0.2, 0.25) is 0 Å². The van der Waals surface area contributed by atoms with Crippen LogP contribution in [0.15, 0.2) is 11.4 Å². The topological polar surface area (TPSA) is 24.1 Å². The number of hydrogen-bond donors (Lipinski definition) is 2. The molecule has 1 aliphatic heterocycles. The lowest BCUT2D eigenvalue weighted by atomic mass is 10.4. The summed E-state index contributed by atoms with van der Waals surface area (Å²) in [4.78, 5) is 1.43. The molecule has 2 nitrogen and oxygen atoms in total. The van der Waals surface area contributed by atoms with E-state index in [2.05, 4.69) is 22.1 Å². The first-order valence-corrected chi connectivity index (χ1v) is 4.36. The largest absolute Gasteiger partial charge is 0.383 e. The van der Waals surface area contributed by atoms with Crippen LogP contribution >= 0.6 is 11.3 Å². The maximum atomic E-state index is 3.35. The summed E-state index contributed by atoms with van der Waals surface area (Å²) in [5.74, 6) is 0. The molecule has 0 unspecified atom stereocenters. The Morgan fingerprint density at radius 2 is 2.40 bits per heavy atom. The number of hydrogen-bond acceptors (Lipinski definition) is 3. The highest BCUT2D eigenvalue weighted by Gasteiger charge is 2.05. The van der Waals surface area contributed by atoms with Crippen molar-refractivity contribution in [1.82, 2.24) is 5.32 Å². The fourth-order valence-corrected chi connectivity index (χ4v) is 1.94. The Bertz CT molecular complexity index is 199. The molecule has 1 aromatic rings. The second-order valence-corrected chi connectivity index (χ2v) is 3.36. The van der Waals surface area contributed by atoms with E-state index in [9.17, 15) is 0 Å². The van der Waals surface area contributed by atoms with E-state index in [0.29, 0.717) is 0 Å². The summed E-state index contributed by atoms with van der Waals surface area (Å²) >= 11 is 1.81. The van der Waals surface area contributed by atoms with Crippen molar-refractivity contribution in [2.75, 3.05) is 18.4 Å². The Balaban J connectivity index is 2.28. The summed E-state index contributed by atoms with van der Waals surface area (Å²) < 4.78 is 0. The molecule has 0 fully saturated rings. The van der Waals surface area contributed by atoms with Crippen LogP contribution in [-0.2, 0) is 6.54 Å². The van der Waals surface area contributed by atoms with Crippen LogP contribution in [0.4, 0.5) is 5.69 Å². The monoisotopic (exact) mass is 154 g/mol. The smallest absolute Gasteiger partial charge is 0.0495 e. The van der Waals surface area contributed by atoms with Crippen LogP contribution in [0.25, 0.3) is 0 Å². The van der Waals surface area contributed by atoms with Gasteiger partial charge >= 0.3 is 0 Å². The van der Waals surface area contributed by atoms with E-state index in [1.165, 1.54) is 10.6 Å². The molecule has 0 bridgehead atoms. The Hall–Kier alpha value is -0.540. The average Bonchev–Trinajstić information content (AvgIpc) is 2.28. The lowest BCUT2D eigenvalue weighted by molar-refractivity contribution is 0.731. The first-order valence-electron chi connectivity index (χ1n) is 3.48. The molecule has 2 heterocycles. The molecule has 0 spiro atoms. The van der Waals surface area contributed by atoms with Crippen molar-refractivity contribution in [3.63, 3.8) is 0 Å². The number of fused-ring (bicyclic) bond motifs is 1. The molecular weight excluding hydrogens is 144 g/mol. The molecule has 2 rings (SSSR count). The van der Waals surface area contributed by atoms with Crippen LogP contribution in [0, 0.1) is 0 Å². The molecule has 1 aliphatic rings. The molecular formula is C7H10N2S. The molecule has 54 valence electrons. The highest BCUT2D eigenvalue weighted by molar-refractivity contribution is 7.10. The molecule has 0 radical (unpaired) electrons. The van der Waals surface area contributed by atoms with Crippen molar-refractivity contribution in [2.45, 2.75) is 6.54 Å². The van der Waals surface area contributed by atoms with Crippen molar-refractivity contribution >= 4 is 17.0 Å². The van der Waals surface area contributed by atoms with E-state index in [1.807, 2.05) is 11.3 Å². The molecule has 0 saturated carbocycles. The second-order valence-electron chi connectivity index (χ2n) is 2.36. The third kappa shape index (κ3) is 1.02. The molecule has 3 heteroatoms. The van der Waals surface area contributed by atoms with Gasteiger partial charge in [0.25, 0.3) is 0 Å². The summed E-state index contributed by atoms with van der Waals surface area (Å²) in [7, 11) is 0. The lowest BCUT2D eigenvalue weighted by Crippen LogP contribution is -2.16. The molecule has 0 aromatic carbocycles. The van der Waals surface area contributed by atoms with Crippen LogP contribution < -0.4 is 10.6 Å². The Kier molecular flexibility index (Phi) is 1.61. The SMILES string of the molecule is c1cc2c(s1)CNCCN2. The molecule has 0 atom stereocenters. The van der Waals surface area contributed by atoms with Gasteiger partial charge in [0.2, 0.25) is 0 Å². The summed E-state index contributed by atoms with van der Waals surface area (Å²) in [6.07, 6.45) is 0. The Labute approximate surface area is 64.3 Å². The normalized spacial score (nSPS) is 17.2. The number of nitrogens with one attached hydrogen (secondary N) is 2. The third-order valence-corrected chi connectivity index (χ3v) is 2.57. The average molecular weight is 154 g/mol. The van der Waals surface area contributed by atoms with Gasteiger partial charge in [-0.25, -0.2) is 0 Å². The summed E-state index contributed by atoms with van der Waals surface area (Å²) in [5, 5.41) is 8.82. The van der Waals surface area contributed by atoms with Gasteiger partial charge in [-0.15, -0.1) is 11.3 Å². The highest BCUT2D eigenvalue weighted by atomic mass is 32.1. The first kappa shape index (κ1) is 6.19. The molecule has 0 saturated heterocycles. The number of anilines is 1. The van der Waals surface area contributed by atoms with Gasteiger partial charge in [0.15, 0.2) is 0 Å². The van der Waals surface area contributed by atoms with E-state index in [0.717, 1.165) is 19.6 Å². The van der Waals surface area contributed by atoms with Crippen LogP contribution in [0.3, 0.4) is 0 Å². The van der Waals surface area contributed by atoms with Crippen molar-refractivity contribution in [3.8, 4) is 0 Å². The van der Waals surface area contributed by atoms with Crippen molar-refractivity contribution in [1.29, 1.82) is 0 Å². The zero-order valence-corrected chi connectivity index (χ0v) is 6.50. The van der Waals surface area contributed by atoms with Crippen molar-refractivity contribution in [3.05, 3.63) is 16.3 Å². The highest BCUT2D eigenvalue weighted by Crippen LogP contribution is 2.22. The Morgan fingerprint density at radius 1 is 1.40 bits per heavy atom. The minimum atomic E-state index is 1.03. The van der Waals surface area contributed by atoms with Crippen molar-refractivity contribution in [2.24, 2.45) is 0 Å². The van der Waals surface area contributed by atoms with E-state index in [-0.39, 0.29) is 0 Å². The van der Waals surface area contributed by atoms with Gasteiger partial charge < -0.3 is 10.6 Å². The molecule has 10 heavy (non-hydrogen) atoms. The molecule has 2 N–H and O–H groups in total. The van der Waals surface area contributed by atoms with Crippen molar-refractivity contribution < 1.29 is 0 Å². The van der Waals surface area contributed by atoms with E-state index < -0.39 is 0 Å². The van der Waals surface area contributed by atoms with Crippen LogP contribution in [0.1, 0.15) is 4.88 Å². The van der Waals surface area contributed by atoms with Gasteiger partial charge in [0.1, 0.15) is 0 Å². The zero-order valence-electron chi connectivity index (χ0n) is 5.68. The van der Waals surface area contributed by atoms with Gasteiger partial charge in [-0.3, -0.25) is 0 Å². The summed E-state index contributed by atoms with van der Waals surface area (Å²) in [6.45, 7) is 3.14. The number of thiophene rings is 1. The van der Waals surface area contributed by atoms with E-state index in [4.69, 9.17) is 0 Å². The minimum absolute atomic E-state index is 1.03. The fraction of sp³-hybridized carbons (Fsp3) is 0.429. The maximum absolute atomic E-state index is 3.35. The predicted octanol–water partition coefficient (Wildman–Crippen LogP) is 1.26. The first-order chi connectivity index (χ1) is 4.97. The standard InChI is InChI=1S/C7H10N2S/c1-4-10-7-5-8-2-3-9-6(1)7/h1,4,8-9H,2-3,5H2. The third-order valence-electron chi connectivity index (χ3n) is 1.65. The van der Waals surface area contributed by atoms with E-state index in [1.54, 1.807) is 0 Å². The van der Waals surface area contributed by atoms with Gasteiger partial charge in [0, 0.05) is 30.2 Å². The lowest BCUT2D eigenvalue weighted by Gasteiger charge is -1.97. The summed E-state index contributed by atoms with van der Waals surface area (Å²) in [6, 6.07) is 2.15. The minimum Gasteiger partial charge on any atom is -0.383 e. The zero-order chi connectivity index (χ0) is 6.81. The van der Waals surface area contributed by atoms with Gasteiger partial charge in [-0.1, -0.05) is 0 Å². The molecule has 0 amide bonds. The molecule has 1 aromatic heterocycles. The number of rotatable bonds is 0. The fourth-order valence-electron chi connectivity index (χ4n) is 1.12. The van der Waals surface area contributed by atoms with Gasteiger partial charge in [0.05, 0.1) is 0 Å². The summed E-state index contributed by atoms with van der Waals surface area (Å²) in [5.41, 5.74) is 1.31. The van der Waals surface area contributed by atoms with Crippen LogP contribution in [0.5, 0.6) is 0 Å². The van der Waals surface area contributed by atoms with Crippen LogP contribution in [-0.4, -0.2) is 13.1 Å². The molecule has 0 aliphatic carbocycles. The van der Waals surface area contributed by atoms with E-state index >= 15 is 0 Å². The Morgan fingerprint density at radius 3 is 3.40 bits per heavy atom. The van der Waals surface area contributed by atoms with Gasteiger partial charge in [-0.2, -0.15) is 0 Å². The second kappa shape index (κ2) is 2.60.